The van der Waals surface area contributed by atoms with Gasteiger partial charge in [0.1, 0.15) is 0 Å². The summed E-state index contributed by atoms with van der Waals surface area (Å²) in [4.78, 5) is 0. The highest BCUT2D eigenvalue weighted by molar-refractivity contribution is 7.36. The Balaban J connectivity index is 1.96. The zero-order chi connectivity index (χ0) is 10.3. The summed E-state index contributed by atoms with van der Waals surface area (Å²) in [6.45, 7) is 4.92. The Morgan fingerprint density at radius 1 is 1.00 bits per heavy atom. The third kappa shape index (κ3) is 2.31. The molecule has 14 heavy (non-hydrogen) atoms. The molecule has 2 aliphatic carbocycles. The first-order valence-electron chi connectivity index (χ1n) is 6.01. The van der Waals surface area contributed by atoms with Gasteiger partial charge in [0.05, 0.1) is 0 Å². The fourth-order valence-corrected chi connectivity index (χ4v) is 4.77. The highest BCUT2D eigenvalue weighted by atomic mass is 31.1. The van der Waals surface area contributed by atoms with E-state index in [2.05, 4.69) is 32.6 Å². The molecule has 2 heteroatoms. The van der Waals surface area contributed by atoms with Crippen LogP contribution < -0.4 is 0 Å². The number of rotatable bonds is 2. The smallest absolute Gasteiger partial charge is 0.00708 e. The molecule has 0 amide bonds. The van der Waals surface area contributed by atoms with E-state index in [0.717, 1.165) is 38.1 Å². The van der Waals surface area contributed by atoms with Gasteiger partial charge in [-0.2, -0.15) is 0 Å². The molecule has 0 radical (unpaired) electrons. The fraction of sp³-hybridized carbons (Fsp3) is 1.00. The summed E-state index contributed by atoms with van der Waals surface area (Å²) >= 11 is 0. The van der Waals surface area contributed by atoms with Gasteiger partial charge in [-0.15, -0.1) is 0 Å². The predicted octanol–water partition coefficient (Wildman–Crippen LogP) is 3.21. The van der Waals surface area contributed by atoms with Gasteiger partial charge >= 0.3 is 0 Å². The first kappa shape index (κ1) is 10.9. The standard InChI is InChI=1S/C12H24NP/c1-8-5-10-7-11(10)12(6-9(8)2)14-13(3)4/h8-12,14H,5-7H2,1-4H3. The molecule has 6 unspecified atom stereocenters. The van der Waals surface area contributed by atoms with Crippen molar-refractivity contribution in [1.82, 2.24) is 4.67 Å². The first-order chi connectivity index (χ1) is 6.58. The number of nitrogens with zero attached hydrogens (tertiary/aromatic N) is 1. The molecule has 0 saturated heterocycles. The summed E-state index contributed by atoms with van der Waals surface area (Å²) in [5.41, 5.74) is 1.02. The van der Waals surface area contributed by atoms with Gasteiger partial charge < -0.3 is 0 Å². The molecule has 82 valence electrons. The molecule has 0 spiro atoms. The molecule has 0 aromatic carbocycles. The lowest BCUT2D eigenvalue weighted by Crippen LogP contribution is -2.15. The van der Waals surface area contributed by atoms with E-state index in [1.54, 1.807) is 6.42 Å². The van der Waals surface area contributed by atoms with Crippen molar-refractivity contribution in [1.29, 1.82) is 0 Å². The van der Waals surface area contributed by atoms with Crippen LogP contribution in [0.15, 0.2) is 0 Å². The summed E-state index contributed by atoms with van der Waals surface area (Å²) in [6.07, 6.45) is 4.54. The SMILES string of the molecule is CC1CC2CC2C(PN(C)C)CC1C. The maximum Gasteiger partial charge on any atom is -0.00708 e. The van der Waals surface area contributed by atoms with Crippen LogP contribution in [0, 0.1) is 23.7 Å². The van der Waals surface area contributed by atoms with Crippen LogP contribution in [-0.4, -0.2) is 24.4 Å². The van der Waals surface area contributed by atoms with E-state index >= 15 is 0 Å². The van der Waals surface area contributed by atoms with E-state index in [-0.39, 0.29) is 0 Å². The second-order valence-corrected chi connectivity index (χ2v) is 7.61. The van der Waals surface area contributed by atoms with Crippen LogP contribution in [0.1, 0.15) is 33.1 Å². The van der Waals surface area contributed by atoms with E-state index in [1.165, 1.54) is 12.8 Å². The van der Waals surface area contributed by atoms with Crippen molar-refractivity contribution in [2.24, 2.45) is 23.7 Å². The van der Waals surface area contributed by atoms with E-state index in [9.17, 15) is 0 Å². The zero-order valence-corrected chi connectivity index (χ0v) is 11.0. The van der Waals surface area contributed by atoms with Gasteiger partial charge in [-0.05, 0) is 71.4 Å². The van der Waals surface area contributed by atoms with E-state index in [1.807, 2.05) is 0 Å². The Morgan fingerprint density at radius 3 is 2.29 bits per heavy atom. The van der Waals surface area contributed by atoms with Gasteiger partial charge in [0.25, 0.3) is 0 Å². The maximum absolute atomic E-state index is 2.46. The molecule has 2 aliphatic rings. The average molecular weight is 213 g/mol. The van der Waals surface area contributed by atoms with Crippen LogP contribution in [0.25, 0.3) is 0 Å². The Hall–Kier alpha value is 0.390. The van der Waals surface area contributed by atoms with Gasteiger partial charge in [-0.3, -0.25) is 4.67 Å². The highest BCUT2D eigenvalue weighted by Gasteiger charge is 2.46. The summed E-state index contributed by atoms with van der Waals surface area (Å²) < 4.78 is 2.41. The fourth-order valence-electron chi connectivity index (χ4n) is 3.03. The molecule has 0 heterocycles. The van der Waals surface area contributed by atoms with Crippen LogP contribution in [0.3, 0.4) is 0 Å². The van der Waals surface area contributed by atoms with E-state index < -0.39 is 0 Å². The van der Waals surface area contributed by atoms with Crippen LogP contribution >= 0.6 is 8.73 Å². The van der Waals surface area contributed by atoms with E-state index in [4.69, 9.17) is 0 Å². The lowest BCUT2D eigenvalue weighted by atomic mass is 9.90. The van der Waals surface area contributed by atoms with Crippen molar-refractivity contribution >= 4 is 8.73 Å². The number of hydrogen-bond donors (Lipinski definition) is 0. The third-order valence-electron chi connectivity index (χ3n) is 4.19. The monoisotopic (exact) mass is 213 g/mol. The van der Waals surface area contributed by atoms with Crippen molar-refractivity contribution in [3.63, 3.8) is 0 Å². The molecule has 0 aromatic heterocycles. The first-order valence-corrected chi connectivity index (χ1v) is 7.04. The van der Waals surface area contributed by atoms with Crippen LogP contribution in [0.2, 0.25) is 0 Å². The quantitative estimate of drug-likeness (QED) is 0.637. The second-order valence-electron chi connectivity index (χ2n) is 5.72. The normalized spacial score (nSPS) is 48.2. The topological polar surface area (TPSA) is 3.24 Å². The molecule has 0 bridgehead atoms. The highest BCUT2D eigenvalue weighted by Crippen LogP contribution is 2.56. The summed E-state index contributed by atoms with van der Waals surface area (Å²) in [7, 11) is 5.53. The molecular formula is C12H24NP. The van der Waals surface area contributed by atoms with Gasteiger partial charge in [0.2, 0.25) is 0 Å². The summed E-state index contributed by atoms with van der Waals surface area (Å²) in [6, 6.07) is 0. The average Bonchev–Trinajstić information content (AvgIpc) is 2.80. The molecule has 2 saturated carbocycles. The molecule has 0 aromatic rings. The Bertz CT molecular complexity index is 204. The predicted molar refractivity (Wildman–Crippen MR) is 64.9 cm³/mol. The van der Waals surface area contributed by atoms with Crippen molar-refractivity contribution in [2.75, 3.05) is 14.1 Å². The lowest BCUT2D eigenvalue weighted by molar-refractivity contribution is 0.349. The lowest BCUT2D eigenvalue weighted by Gasteiger charge is -2.24. The van der Waals surface area contributed by atoms with Crippen LogP contribution in [0.4, 0.5) is 0 Å². The molecule has 0 aliphatic heterocycles. The van der Waals surface area contributed by atoms with Gasteiger partial charge in [0.15, 0.2) is 0 Å². The zero-order valence-electron chi connectivity index (χ0n) is 9.96. The van der Waals surface area contributed by atoms with Crippen molar-refractivity contribution < 1.29 is 0 Å². The van der Waals surface area contributed by atoms with Gasteiger partial charge in [-0.1, -0.05) is 13.8 Å². The third-order valence-corrected chi connectivity index (χ3v) is 5.70. The Morgan fingerprint density at radius 2 is 1.64 bits per heavy atom. The van der Waals surface area contributed by atoms with Crippen LogP contribution in [-0.2, 0) is 0 Å². The number of hydrogen-bond acceptors (Lipinski definition) is 1. The van der Waals surface area contributed by atoms with Crippen molar-refractivity contribution in [2.45, 2.75) is 38.8 Å². The summed E-state index contributed by atoms with van der Waals surface area (Å²) in [5.74, 6) is 4.14. The molecular weight excluding hydrogens is 189 g/mol. The second kappa shape index (κ2) is 4.10. The minimum Gasteiger partial charge on any atom is -0.290 e. The van der Waals surface area contributed by atoms with E-state index in [0.29, 0.717) is 0 Å². The largest absolute Gasteiger partial charge is 0.290 e. The molecule has 2 rings (SSSR count). The molecule has 2 fully saturated rings. The van der Waals surface area contributed by atoms with Crippen LogP contribution in [0.5, 0.6) is 0 Å². The molecule has 6 atom stereocenters. The van der Waals surface area contributed by atoms with Crippen molar-refractivity contribution in [3.8, 4) is 0 Å². The summed E-state index contributed by atoms with van der Waals surface area (Å²) in [5, 5.41) is 0. The van der Waals surface area contributed by atoms with Crippen molar-refractivity contribution in [3.05, 3.63) is 0 Å². The molecule has 1 nitrogen and oxygen atoms in total. The minimum atomic E-state index is 0.959. The minimum absolute atomic E-state index is 0.959. The van der Waals surface area contributed by atoms with Gasteiger partial charge in [0, 0.05) is 0 Å². The van der Waals surface area contributed by atoms with Gasteiger partial charge in [-0.25, -0.2) is 0 Å². The number of fused-ring (bicyclic) bond motifs is 1. The Kier molecular flexibility index (Phi) is 3.19. The maximum atomic E-state index is 2.46. The Labute approximate surface area is 90.5 Å². The molecule has 0 N–H and O–H groups in total.